The molecule has 0 radical (unpaired) electrons. The van der Waals surface area contributed by atoms with E-state index in [-0.39, 0.29) is 5.89 Å². The van der Waals surface area contributed by atoms with Gasteiger partial charge < -0.3 is 9.73 Å². The second-order valence-electron chi connectivity index (χ2n) is 3.54. The molecule has 0 bridgehead atoms. The van der Waals surface area contributed by atoms with Gasteiger partial charge in [0.15, 0.2) is 0 Å². The predicted molar refractivity (Wildman–Crippen MR) is 51.0 cm³/mol. The van der Waals surface area contributed by atoms with Gasteiger partial charge in [0.05, 0.1) is 6.04 Å². The van der Waals surface area contributed by atoms with Crippen molar-refractivity contribution in [2.45, 2.75) is 38.4 Å². The summed E-state index contributed by atoms with van der Waals surface area (Å²) in [5, 5.41) is 8.84. The van der Waals surface area contributed by atoms with Gasteiger partial charge >= 0.3 is 12.1 Å². The lowest BCUT2D eigenvalue weighted by Crippen LogP contribution is -2.34. The van der Waals surface area contributed by atoms with Crippen LogP contribution in [0.1, 0.15) is 38.1 Å². The van der Waals surface area contributed by atoms with Crippen LogP contribution < -0.4 is 5.32 Å². The molecule has 1 rings (SSSR count). The van der Waals surface area contributed by atoms with Gasteiger partial charge in [0.2, 0.25) is 5.89 Å². The number of hydrogen-bond acceptors (Lipinski definition) is 4. The fourth-order valence-electron chi connectivity index (χ4n) is 1.28. The molecule has 0 aliphatic heterocycles. The van der Waals surface area contributed by atoms with E-state index >= 15 is 0 Å². The number of alkyl halides is 5. The maximum absolute atomic E-state index is 12.9. The van der Waals surface area contributed by atoms with Gasteiger partial charge in [-0.15, -0.1) is 10.2 Å². The summed E-state index contributed by atoms with van der Waals surface area (Å²) < 4.78 is 66.4. The Hall–Kier alpha value is -1.25. The Morgan fingerprint density at radius 2 is 1.78 bits per heavy atom. The average Bonchev–Trinajstić information content (AvgIpc) is 2.73. The van der Waals surface area contributed by atoms with Crippen molar-refractivity contribution in [1.82, 2.24) is 15.5 Å². The highest BCUT2D eigenvalue weighted by Crippen LogP contribution is 2.43. The third kappa shape index (κ3) is 2.77. The molecule has 18 heavy (non-hydrogen) atoms. The molecule has 9 heteroatoms. The summed E-state index contributed by atoms with van der Waals surface area (Å²) in [6.07, 6.45) is -5.33. The fourth-order valence-corrected chi connectivity index (χ4v) is 1.28. The van der Waals surface area contributed by atoms with Crippen LogP contribution >= 0.6 is 0 Å². The summed E-state index contributed by atoms with van der Waals surface area (Å²) in [7, 11) is 0. The van der Waals surface area contributed by atoms with Crippen molar-refractivity contribution in [3.63, 3.8) is 0 Å². The lowest BCUT2D eigenvalue weighted by atomic mass is 10.2. The van der Waals surface area contributed by atoms with Crippen molar-refractivity contribution in [3.8, 4) is 0 Å². The molecule has 1 N–H and O–H groups in total. The lowest BCUT2D eigenvalue weighted by molar-refractivity contribution is -0.297. The molecule has 0 aliphatic carbocycles. The Kier molecular flexibility index (Phi) is 4.25. The smallest absolute Gasteiger partial charge is 0.418 e. The van der Waals surface area contributed by atoms with Gasteiger partial charge in [-0.3, -0.25) is 0 Å². The van der Waals surface area contributed by atoms with Crippen LogP contribution in [0.5, 0.6) is 0 Å². The Balaban J connectivity index is 2.99. The monoisotopic (exact) mass is 273 g/mol. The van der Waals surface area contributed by atoms with E-state index in [4.69, 9.17) is 0 Å². The van der Waals surface area contributed by atoms with E-state index < -0.39 is 24.0 Å². The molecule has 0 aliphatic rings. The van der Waals surface area contributed by atoms with Crippen LogP contribution in [0, 0.1) is 0 Å². The molecular formula is C9H12F5N3O. The normalized spacial score (nSPS) is 14.8. The highest BCUT2D eigenvalue weighted by atomic mass is 19.4. The van der Waals surface area contributed by atoms with Crippen molar-refractivity contribution >= 4 is 0 Å². The molecule has 1 aromatic rings. The van der Waals surface area contributed by atoms with Crippen molar-refractivity contribution in [3.05, 3.63) is 11.8 Å². The zero-order chi connectivity index (χ0) is 14.0. The van der Waals surface area contributed by atoms with Crippen molar-refractivity contribution in [1.29, 1.82) is 0 Å². The number of hydrogen-bond donors (Lipinski definition) is 1. The Bertz CT molecular complexity index is 390. The van der Waals surface area contributed by atoms with E-state index in [0.717, 1.165) is 0 Å². The zero-order valence-electron chi connectivity index (χ0n) is 9.68. The molecular weight excluding hydrogens is 261 g/mol. The van der Waals surface area contributed by atoms with Crippen molar-refractivity contribution in [2.75, 3.05) is 6.54 Å². The van der Waals surface area contributed by atoms with E-state index in [0.29, 0.717) is 13.0 Å². The van der Waals surface area contributed by atoms with Gasteiger partial charge in [0.1, 0.15) is 0 Å². The van der Waals surface area contributed by atoms with Gasteiger partial charge in [-0.1, -0.05) is 13.8 Å². The third-order valence-electron chi connectivity index (χ3n) is 2.22. The van der Waals surface area contributed by atoms with Gasteiger partial charge in [0.25, 0.3) is 5.89 Å². The Morgan fingerprint density at radius 3 is 2.22 bits per heavy atom. The molecule has 0 spiro atoms. The van der Waals surface area contributed by atoms with Crippen LogP contribution in [0.25, 0.3) is 0 Å². The Morgan fingerprint density at radius 1 is 1.17 bits per heavy atom. The van der Waals surface area contributed by atoms with E-state index in [1.165, 1.54) is 0 Å². The first kappa shape index (κ1) is 14.8. The standard InChI is InChI=1S/C9H12F5N3O/c1-3-5(15-4-2)6-16-17-7(18-6)8(10,11)9(12,13)14/h5,15H,3-4H2,1-2H3. The van der Waals surface area contributed by atoms with E-state index in [9.17, 15) is 22.0 Å². The number of aromatic nitrogens is 2. The van der Waals surface area contributed by atoms with Gasteiger partial charge in [0, 0.05) is 0 Å². The summed E-state index contributed by atoms with van der Waals surface area (Å²) in [6, 6.07) is -0.541. The molecule has 104 valence electrons. The highest BCUT2D eigenvalue weighted by Gasteiger charge is 2.63. The minimum Gasteiger partial charge on any atom is -0.418 e. The molecule has 1 aromatic heterocycles. The minimum absolute atomic E-state index is 0.279. The van der Waals surface area contributed by atoms with Crippen LogP contribution in [0.15, 0.2) is 4.42 Å². The molecule has 1 atom stereocenters. The first-order valence-electron chi connectivity index (χ1n) is 5.25. The summed E-state index contributed by atoms with van der Waals surface area (Å²) in [5.74, 6) is -7.15. The van der Waals surface area contributed by atoms with Gasteiger partial charge in [-0.05, 0) is 13.0 Å². The van der Waals surface area contributed by atoms with Crippen molar-refractivity contribution in [2.24, 2.45) is 0 Å². The highest BCUT2D eigenvalue weighted by molar-refractivity contribution is 4.98. The summed E-state index contributed by atoms with van der Waals surface area (Å²) in [4.78, 5) is 0. The summed E-state index contributed by atoms with van der Waals surface area (Å²) in [6.45, 7) is 3.95. The van der Waals surface area contributed by atoms with Crippen LogP contribution in [0.4, 0.5) is 22.0 Å². The van der Waals surface area contributed by atoms with Crippen LogP contribution in [-0.4, -0.2) is 22.9 Å². The van der Waals surface area contributed by atoms with E-state index in [1.807, 2.05) is 0 Å². The molecule has 1 heterocycles. The average molecular weight is 273 g/mol. The predicted octanol–water partition coefficient (Wildman–Crippen LogP) is 2.78. The number of rotatable bonds is 5. The van der Waals surface area contributed by atoms with Crippen LogP contribution in [0.3, 0.4) is 0 Å². The maximum Gasteiger partial charge on any atom is 0.463 e. The molecule has 0 saturated heterocycles. The minimum atomic E-state index is -5.75. The largest absolute Gasteiger partial charge is 0.463 e. The summed E-state index contributed by atoms with van der Waals surface area (Å²) in [5.41, 5.74) is 0. The molecule has 0 aromatic carbocycles. The number of halogens is 5. The second-order valence-corrected chi connectivity index (χ2v) is 3.54. The molecule has 0 saturated carbocycles. The fraction of sp³-hybridized carbons (Fsp3) is 0.778. The quantitative estimate of drug-likeness (QED) is 0.838. The van der Waals surface area contributed by atoms with Crippen LogP contribution in [-0.2, 0) is 5.92 Å². The van der Waals surface area contributed by atoms with E-state index in [2.05, 4.69) is 19.9 Å². The topological polar surface area (TPSA) is 51.0 Å². The second kappa shape index (κ2) is 5.17. The molecule has 4 nitrogen and oxygen atoms in total. The van der Waals surface area contributed by atoms with Crippen molar-refractivity contribution < 1.29 is 26.4 Å². The zero-order valence-corrected chi connectivity index (χ0v) is 9.68. The molecule has 0 amide bonds. The SMILES string of the molecule is CCNC(CC)c1nnc(C(F)(F)C(F)(F)F)o1. The number of nitrogens with one attached hydrogen (secondary N) is 1. The van der Waals surface area contributed by atoms with E-state index in [1.54, 1.807) is 13.8 Å². The molecule has 0 fully saturated rings. The first-order valence-corrected chi connectivity index (χ1v) is 5.25. The Labute approximate surface area is 99.6 Å². The molecule has 1 unspecified atom stereocenters. The lowest BCUT2D eigenvalue weighted by Gasteiger charge is -2.15. The first-order chi connectivity index (χ1) is 8.24. The van der Waals surface area contributed by atoms with Gasteiger partial charge in [-0.25, -0.2) is 0 Å². The maximum atomic E-state index is 12.9. The summed E-state index contributed by atoms with van der Waals surface area (Å²) >= 11 is 0. The van der Waals surface area contributed by atoms with Crippen LogP contribution in [0.2, 0.25) is 0 Å². The third-order valence-corrected chi connectivity index (χ3v) is 2.22. The number of nitrogens with zero attached hydrogens (tertiary/aromatic N) is 2. The van der Waals surface area contributed by atoms with Gasteiger partial charge in [-0.2, -0.15) is 22.0 Å².